The van der Waals surface area contributed by atoms with Gasteiger partial charge in [-0.3, -0.25) is 14.5 Å². The molecule has 4 aromatic rings. The summed E-state index contributed by atoms with van der Waals surface area (Å²) in [7, 11) is 0. The molecule has 1 fully saturated rings. The number of aromatic nitrogens is 2. The van der Waals surface area contributed by atoms with E-state index in [1.54, 1.807) is 48.5 Å². The third-order valence-electron chi connectivity index (χ3n) is 7.63. The first-order chi connectivity index (χ1) is 21.7. The van der Waals surface area contributed by atoms with Crippen molar-refractivity contribution in [1.82, 2.24) is 10.2 Å². The Bertz CT molecular complexity index is 1770. The molecule has 6 rings (SSSR count). The summed E-state index contributed by atoms with van der Waals surface area (Å²) in [6.45, 7) is 6.72. The smallest absolute Gasteiger partial charge is 0.301 e. The molecule has 0 unspecified atom stereocenters. The van der Waals surface area contributed by atoms with E-state index in [0.717, 1.165) is 23.3 Å². The third kappa shape index (κ3) is 6.60. The normalized spacial score (nSPS) is 18.8. The number of carbonyl (C=O) groups excluding carboxylic acids is 2. The van der Waals surface area contributed by atoms with Crippen LogP contribution < -0.4 is 14.4 Å². The number of anilines is 1. The van der Waals surface area contributed by atoms with Gasteiger partial charge in [0.2, 0.25) is 5.13 Å². The van der Waals surface area contributed by atoms with Crippen LogP contribution in [-0.2, 0) is 21.8 Å². The number of carbonyl (C=O) groups is 2. The van der Waals surface area contributed by atoms with E-state index in [-0.39, 0.29) is 28.4 Å². The zero-order valence-electron chi connectivity index (χ0n) is 25.0. The van der Waals surface area contributed by atoms with Gasteiger partial charge in [0.1, 0.15) is 29.2 Å². The minimum atomic E-state index is -0.968. The number of aliphatic hydroxyl groups is 1. The average molecular weight is 646 g/mol. The van der Waals surface area contributed by atoms with Gasteiger partial charge in [-0.05, 0) is 78.4 Å². The summed E-state index contributed by atoms with van der Waals surface area (Å²) in [4.78, 5) is 28.7. The molecule has 3 aromatic carbocycles. The fraction of sp³-hybridized carbons (Fsp3) is 0.294. The predicted octanol–water partition coefficient (Wildman–Crippen LogP) is 7.34. The monoisotopic (exact) mass is 645 g/mol. The van der Waals surface area contributed by atoms with Crippen LogP contribution in [0.25, 0.3) is 5.76 Å². The van der Waals surface area contributed by atoms with Crippen molar-refractivity contribution in [2.24, 2.45) is 5.92 Å². The second kappa shape index (κ2) is 13.0. The van der Waals surface area contributed by atoms with Crippen LogP contribution in [0.15, 0.2) is 76.6 Å². The summed E-state index contributed by atoms with van der Waals surface area (Å²) >= 11 is 2.57. The molecule has 45 heavy (non-hydrogen) atoms. The molecule has 2 aliphatic rings. The van der Waals surface area contributed by atoms with Crippen molar-refractivity contribution >= 4 is 45.7 Å². The summed E-state index contributed by atoms with van der Waals surface area (Å²) < 4.78 is 25.7. The molecule has 0 radical (unpaired) electrons. The number of rotatable bonds is 10. The topological polar surface area (TPSA) is 102 Å². The lowest BCUT2D eigenvalue weighted by Crippen LogP contribution is -2.29. The highest BCUT2D eigenvalue weighted by atomic mass is 32.2. The molecule has 0 bridgehead atoms. The van der Waals surface area contributed by atoms with Crippen molar-refractivity contribution < 1.29 is 28.6 Å². The lowest BCUT2D eigenvalue weighted by molar-refractivity contribution is -0.132. The van der Waals surface area contributed by atoms with Crippen molar-refractivity contribution in [2.75, 3.05) is 11.5 Å². The number of hydrogen-bond acceptors (Lipinski definition) is 9. The van der Waals surface area contributed by atoms with E-state index in [1.165, 1.54) is 40.1 Å². The fourth-order valence-corrected chi connectivity index (χ4v) is 7.16. The molecule has 11 heteroatoms. The van der Waals surface area contributed by atoms with Crippen LogP contribution in [0.2, 0.25) is 0 Å². The lowest BCUT2D eigenvalue weighted by Gasteiger charge is -2.23. The van der Waals surface area contributed by atoms with E-state index in [0.29, 0.717) is 45.9 Å². The summed E-state index contributed by atoms with van der Waals surface area (Å²) in [5.74, 6) is 0.111. The molecular weight excluding hydrogens is 614 g/mol. The highest BCUT2D eigenvalue weighted by molar-refractivity contribution is 8.00. The number of fused-ring (bicyclic) bond motifs is 1. The minimum Gasteiger partial charge on any atom is -0.507 e. The lowest BCUT2D eigenvalue weighted by atomic mass is 9.94. The van der Waals surface area contributed by atoms with E-state index in [1.807, 2.05) is 13.0 Å². The maximum Gasteiger partial charge on any atom is 0.301 e. The van der Waals surface area contributed by atoms with Crippen molar-refractivity contribution in [3.8, 4) is 11.5 Å². The SMILES string of the molecule is CC(C)CCOc1cccc([C@H]2C(=C(O)c3ccc4c(c3)C[C@H](C)O4)C(=O)C(=O)N2c2nnc(SCc3ccc(F)cc3)s2)c1. The summed E-state index contributed by atoms with van der Waals surface area (Å²) in [5, 5.41) is 20.4. The van der Waals surface area contributed by atoms with Crippen molar-refractivity contribution in [1.29, 1.82) is 0 Å². The van der Waals surface area contributed by atoms with Crippen LogP contribution in [0, 0.1) is 11.7 Å². The van der Waals surface area contributed by atoms with Gasteiger partial charge in [-0.25, -0.2) is 4.39 Å². The van der Waals surface area contributed by atoms with Gasteiger partial charge < -0.3 is 14.6 Å². The van der Waals surface area contributed by atoms with Gasteiger partial charge >= 0.3 is 5.91 Å². The van der Waals surface area contributed by atoms with Gasteiger partial charge in [-0.2, -0.15) is 0 Å². The molecule has 232 valence electrons. The Kier molecular flexibility index (Phi) is 8.91. The largest absolute Gasteiger partial charge is 0.507 e. The second-order valence-corrected chi connectivity index (χ2v) is 13.7. The number of Topliss-reactive ketones (excluding diaryl/α,β-unsaturated/α-hetero) is 1. The predicted molar refractivity (Wildman–Crippen MR) is 172 cm³/mol. The van der Waals surface area contributed by atoms with E-state index >= 15 is 0 Å². The Hall–Kier alpha value is -4.22. The fourth-order valence-electron chi connectivity index (χ4n) is 5.34. The number of hydrogen-bond donors (Lipinski definition) is 1. The van der Waals surface area contributed by atoms with Crippen LogP contribution in [0.5, 0.6) is 11.5 Å². The molecular formula is C34H32FN3O5S2. The quantitative estimate of drug-likeness (QED) is 0.0629. The molecule has 0 spiro atoms. The van der Waals surface area contributed by atoms with Crippen LogP contribution >= 0.6 is 23.1 Å². The Morgan fingerprint density at radius 3 is 2.71 bits per heavy atom. The molecule has 1 saturated heterocycles. The number of ketones is 1. The highest BCUT2D eigenvalue weighted by Gasteiger charge is 2.48. The first kappa shape index (κ1) is 30.8. The van der Waals surface area contributed by atoms with Gasteiger partial charge in [-0.1, -0.05) is 61.2 Å². The van der Waals surface area contributed by atoms with Gasteiger partial charge in [-0.15, -0.1) is 10.2 Å². The maximum atomic E-state index is 13.7. The van der Waals surface area contributed by atoms with Gasteiger partial charge in [0.25, 0.3) is 5.78 Å². The zero-order chi connectivity index (χ0) is 31.7. The van der Waals surface area contributed by atoms with Crippen LogP contribution in [0.1, 0.15) is 55.5 Å². The number of benzene rings is 3. The van der Waals surface area contributed by atoms with Crippen molar-refractivity contribution in [3.05, 3.63) is 100 Å². The Morgan fingerprint density at radius 1 is 1.13 bits per heavy atom. The number of halogens is 1. The maximum absolute atomic E-state index is 13.7. The molecule has 0 saturated carbocycles. The Morgan fingerprint density at radius 2 is 1.93 bits per heavy atom. The summed E-state index contributed by atoms with van der Waals surface area (Å²) in [6, 6.07) is 17.7. The standard InChI is InChI=1S/C34H32FN3O5S2/c1-19(2)13-14-42-26-6-4-5-22(17-26)29-28(30(39)23-9-12-27-24(16-23)15-20(3)43-27)31(40)32(41)38(29)33-36-37-34(45-33)44-18-21-7-10-25(35)11-8-21/h4-12,16-17,19-20,29,39H,13-15,18H2,1-3H3/t20-,29-/m0/s1. The number of ether oxygens (including phenoxy) is 2. The van der Waals surface area contributed by atoms with Crippen LogP contribution in [-0.4, -0.2) is 39.7 Å². The van der Waals surface area contributed by atoms with Gasteiger partial charge in [0.15, 0.2) is 4.34 Å². The second-order valence-electron chi connectivity index (χ2n) is 11.5. The third-order valence-corrected chi connectivity index (χ3v) is 9.76. The molecule has 1 aromatic heterocycles. The van der Waals surface area contributed by atoms with Crippen LogP contribution in [0.4, 0.5) is 9.52 Å². The number of aliphatic hydroxyl groups excluding tert-OH is 1. The van der Waals surface area contributed by atoms with E-state index in [9.17, 15) is 19.1 Å². The molecule has 2 aliphatic heterocycles. The zero-order valence-corrected chi connectivity index (χ0v) is 26.7. The Balaban J connectivity index is 1.37. The Labute approximate surface area is 268 Å². The van der Waals surface area contributed by atoms with Crippen molar-refractivity contribution in [2.45, 2.75) is 55.9 Å². The van der Waals surface area contributed by atoms with Gasteiger partial charge in [0, 0.05) is 17.7 Å². The highest BCUT2D eigenvalue weighted by Crippen LogP contribution is 2.45. The van der Waals surface area contributed by atoms with Gasteiger partial charge in [0.05, 0.1) is 18.2 Å². The average Bonchev–Trinajstić information content (AvgIpc) is 3.71. The molecule has 1 amide bonds. The number of nitrogens with zero attached hydrogens (tertiary/aromatic N) is 3. The molecule has 3 heterocycles. The number of thioether (sulfide) groups is 1. The first-order valence-corrected chi connectivity index (χ1v) is 16.5. The van der Waals surface area contributed by atoms with E-state index < -0.39 is 17.7 Å². The first-order valence-electron chi connectivity index (χ1n) is 14.7. The van der Waals surface area contributed by atoms with Crippen LogP contribution in [0.3, 0.4) is 0 Å². The molecule has 1 N–H and O–H groups in total. The minimum absolute atomic E-state index is 0.00828. The summed E-state index contributed by atoms with van der Waals surface area (Å²) in [6.07, 6.45) is 1.55. The molecule has 0 aliphatic carbocycles. The van der Waals surface area contributed by atoms with E-state index in [4.69, 9.17) is 9.47 Å². The summed E-state index contributed by atoms with van der Waals surface area (Å²) in [5.41, 5.74) is 2.80. The van der Waals surface area contributed by atoms with Crippen molar-refractivity contribution in [3.63, 3.8) is 0 Å². The number of amides is 1. The molecule has 2 atom stereocenters. The molecule has 8 nitrogen and oxygen atoms in total. The van der Waals surface area contributed by atoms with E-state index in [2.05, 4.69) is 24.0 Å².